The Morgan fingerprint density at radius 3 is 2.78 bits per heavy atom. The molecule has 0 aliphatic heterocycles. The van der Waals surface area contributed by atoms with E-state index in [0.29, 0.717) is 27.5 Å². The van der Waals surface area contributed by atoms with E-state index in [1.54, 1.807) is 0 Å². The summed E-state index contributed by atoms with van der Waals surface area (Å²) >= 11 is 8.46. The lowest BCUT2D eigenvalue weighted by Gasteiger charge is -2.35. The molecule has 1 aliphatic rings. The van der Waals surface area contributed by atoms with Gasteiger partial charge in [-0.05, 0) is 64.6 Å². The zero-order chi connectivity index (χ0) is 17.0. The molecule has 1 saturated carbocycles. The number of thiocarbonyl (C=S) groups is 1. The van der Waals surface area contributed by atoms with Crippen molar-refractivity contribution in [3.8, 4) is 0 Å². The number of hydrazine groups is 1. The average Bonchev–Trinajstić information content (AvgIpc) is 2.52. The number of hydrogen-bond donors (Lipinski definition) is 3. The molecule has 1 aromatic carbocycles. The minimum atomic E-state index is -0.468. The van der Waals surface area contributed by atoms with Crippen LogP contribution in [0.4, 0.5) is 4.39 Å². The van der Waals surface area contributed by atoms with Crippen LogP contribution in [-0.2, 0) is 0 Å². The van der Waals surface area contributed by atoms with E-state index in [4.69, 9.17) is 12.2 Å². The fourth-order valence-electron chi connectivity index (χ4n) is 2.84. The molecule has 7 heteroatoms. The molecule has 1 fully saturated rings. The summed E-state index contributed by atoms with van der Waals surface area (Å²) in [4.78, 5) is 12.1. The van der Waals surface area contributed by atoms with Crippen molar-refractivity contribution in [2.75, 3.05) is 0 Å². The molecule has 3 N–H and O–H groups in total. The SMILES string of the molecule is C[C@H]1[C@@H](NC(=S)NNC(=O)c2cc(F)ccc2Br)CCC[C@@H]1C. The first-order valence-corrected chi connectivity index (χ1v) is 8.90. The Morgan fingerprint density at radius 1 is 1.30 bits per heavy atom. The van der Waals surface area contributed by atoms with Crippen LogP contribution < -0.4 is 16.2 Å². The summed E-state index contributed by atoms with van der Waals surface area (Å²) in [5, 5.41) is 3.62. The molecule has 4 nitrogen and oxygen atoms in total. The molecule has 0 heterocycles. The number of rotatable bonds is 2. The van der Waals surface area contributed by atoms with E-state index in [9.17, 15) is 9.18 Å². The maximum atomic E-state index is 13.2. The lowest BCUT2D eigenvalue weighted by Crippen LogP contribution is -2.52. The van der Waals surface area contributed by atoms with Crippen LogP contribution >= 0.6 is 28.1 Å². The first kappa shape index (κ1) is 18.1. The standard InChI is InChI=1S/C16H21BrFN3OS/c1-9-4-3-5-14(10(9)2)19-16(23)21-20-15(22)12-8-11(18)6-7-13(12)17/h6-10,14H,3-5H2,1-2H3,(H,20,22)(H2,19,21,23)/t9-,10+,14-/m0/s1. The van der Waals surface area contributed by atoms with E-state index >= 15 is 0 Å². The van der Waals surface area contributed by atoms with E-state index in [0.717, 1.165) is 6.42 Å². The molecule has 0 aromatic heterocycles. The average molecular weight is 402 g/mol. The molecule has 0 spiro atoms. The summed E-state index contributed by atoms with van der Waals surface area (Å²) in [6, 6.07) is 4.25. The maximum absolute atomic E-state index is 13.2. The molecule has 23 heavy (non-hydrogen) atoms. The summed E-state index contributed by atoms with van der Waals surface area (Å²) < 4.78 is 13.8. The largest absolute Gasteiger partial charge is 0.358 e. The number of carbonyl (C=O) groups is 1. The third-order valence-corrected chi connectivity index (χ3v) is 5.40. The maximum Gasteiger partial charge on any atom is 0.270 e. The summed E-state index contributed by atoms with van der Waals surface area (Å²) in [6.45, 7) is 4.46. The van der Waals surface area contributed by atoms with Crippen LogP contribution in [0, 0.1) is 17.7 Å². The number of nitrogens with one attached hydrogen (secondary N) is 3. The van der Waals surface area contributed by atoms with Crippen molar-refractivity contribution in [1.82, 2.24) is 16.2 Å². The number of benzene rings is 1. The van der Waals surface area contributed by atoms with Gasteiger partial charge in [0.2, 0.25) is 0 Å². The van der Waals surface area contributed by atoms with Crippen LogP contribution in [0.25, 0.3) is 0 Å². The van der Waals surface area contributed by atoms with Crippen LogP contribution in [0.2, 0.25) is 0 Å². The fourth-order valence-corrected chi connectivity index (χ4v) is 3.47. The van der Waals surface area contributed by atoms with Gasteiger partial charge in [0.1, 0.15) is 5.82 Å². The zero-order valence-electron chi connectivity index (χ0n) is 13.2. The van der Waals surface area contributed by atoms with Gasteiger partial charge < -0.3 is 5.32 Å². The topological polar surface area (TPSA) is 53.2 Å². The van der Waals surface area contributed by atoms with Crippen molar-refractivity contribution in [3.63, 3.8) is 0 Å². The Kier molecular flexibility index (Phi) is 6.35. The Morgan fingerprint density at radius 2 is 2.04 bits per heavy atom. The van der Waals surface area contributed by atoms with Crippen LogP contribution in [0.15, 0.2) is 22.7 Å². The molecule has 0 unspecified atom stereocenters. The predicted octanol–water partition coefficient (Wildman–Crippen LogP) is 3.52. The van der Waals surface area contributed by atoms with Gasteiger partial charge in [0, 0.05) is 10.5 Å². The highest BCUT2D eigenvalue weighted by Gasteiger charge is 2.27. The van der Waals surface area contributed by atoms with Crippen LogP contribution in [0.3, 0.4) is 0 Å². The Bertz CT molecular complexity index is 599. The molecule has 1 aromatic rings. The number of amides is 1. The summed E-state index contributed by atoms with van der Waals surface area (Å²) in [5.74, 6) is 0.258. The molecular formula is C16H21BrFN3OS. The molecule has 3 atom stereocenters. The van der Waals surface area contributed by atoms with Gasteiger partial charge in [-0.2, -0.15) is 0 Å². The highest BCUT2D eigenvalue weighted by molar-refractivity contribution is 9.10. The monoisotopic (exact) mass is 401 g/mol. The van der Waals surface area contributed by atoms with Gasteiger partial charge in [-0.3, -0.25) is 15.6 Å². The molecule has 1 amide bonds. The quantitative estimate of drug-likeness (QED) is 0.524. The second-order valence-corrected chi connectivity index (χ2v) is 7.31. The normalized spacial score (nSPS) is 23.9. The van der Waals surface area contributed by atoms with Gasteiger partial charge >= 0.3 is 0 Å². The van der Waals surface area contributed by atoms with Crippen molar-refractivity contribution in [2.45, 2.75) is 39.2 Å². The van der Waals surface area contributed by atoms with Crippen LogP contribution in [0.5, 0.6) is 0 Å². The fraction of sp³-hybridized carbons (Fsp3) is 0.500. The van der Waals surface area contributed by atoms with E-state index in [1.165, 1.54) is 31.0 Å². The Balaban J connectivity index is 1.86. The van der Waals surface area contributed by atoms with Crippen molar-refractivity contribution in [2.24, 2.45) is 11.8 Å². The third kappa shape index (κ3) is 4.88. The molecule has 1 aliphatic carbocycles. The van der Waals surface area contributed by atoms with Gasteiger partial charge in [0.05, 0.1) is 5.56 Å². The lowest BCUT2D eigenvalue weighted by atomic mass is 9.78. The van der Waals surface area contributed by atoms with Gasteiger partial charge in [-0.15, -0.1) is 0 Å². The summed E-state index contributed by atoms with van der Waals surface area (Å²) in [5.41, 5.74) is 5.39. The van der Waals surface area contributed by atoms with E-state index in [1.807, 2.05) is 0 Å². The molecule has 0 radical (unpaired) electrons. The highest BCUT2D eigenvalue weighted by atomic mass is 79.9. The third-order valence-electron chi connectivity index (χ3n) is 4.49. The van der Waals surface area contributed by atoms with Crippen LogP contribution in [-0.4, -0.2) is 17.1 Å². The lowest BCUT2D eigenvalue weighted by molar-refractivity contribution is 0.0942. The molecule has 2 rings (SSSR count). The van der Waals surface area contributed by atoms with E-state index in [-0.39, 0.29) is 5.56 Å². The second kappa shape index (κ2) is 8.06. The molecule has 0 saturated heterocycles. The first-order valence-electron chi connectivity index (χ1n) is 7.70. The summed E-state index contributed by atoms with van der Waals surface area (Å²) in [6.07, 6.45) is 3.48. The van der Waals surface area contributed by atoms with Gasteiger partial charge in [0.15, 0.2) is 5.11 Å². The zero-order valence-corrected chi connectivity index (χ0v) is 15.6. The first-order chi connectivity index (χ1) is 10.9. The van der Waals surface area contributed by atoms with Gasteiger partial charge in [-0.1, -0.05) is 26.7 Å². The molecule has 126 valence electrons. The molecular weight excluding hydrogens is 381 g/mol. The highest BCUT2D eigenvalue weighted by Crippen LogP contribution is 2.29. The number of carbonyl (C=O) groups excluding carboxylic acids is 1. The minimum absolute atomic E-state index is 0.208. The molecule has 0 bridgehead atoms. The second-order valence-electron chi connectivity index (χ2n) is 6.05. The van der Waals surface area contributed by atoms with Gasteiger partial charge in [-0.25, -0.2) is 4.39 Å². The van der Waals surface area contributed by atoms with Crippen molar-refractivity contribution in [3.05, 3.63) is 34.1 Å². The van der Waals surface area contributed by atoms with Gasteiger partial charge in [0.25, 0.3) is 5.91 Å². The summed E-state index contributed by atoms with van der Waals surface area (Å²) in [7, 11) is 0. The van der Waals surface area contributed by atoms with Crippen molar-refractivity contribution >= 4 is 39.2 Å². The van der Waals surface area contributed by atoms with Crippen molar-refractivity contribution < 1.29 is 9.18 Å². The van der Waals surface area contributed by atoms with E-state index < -0.39 is 11.7 Å². The predicted molar refractivity (Wildman–Crippen MR) is 96.4 cm³/mol. The van der Waals surface area contributed by atoms with Crippen LogP contribution in [0.1, 0.15) is 43.5 Å². The number of halogens is 2. The van der Waals surface area contributed by atoms with Crippen molar-refractivity contribution in [1.29, 1.82) is 0 Å². The number of hydrogen-bond acceptors (Lipinski definition) is 2. The minimum Gasteiger partial charge on any atom is -0.358 e. The Hall–Kier alpha value is -1.21. The van der Waals surface area contributed by atoms with E-state index in [2.05, 4.69) is 45.9 Å². The smallest absolute Gasteiger partial charge is 0.270 e. The Labute approximate surface area is 149 Å².